The van der Waals surface area contributed by atoms with Crippen molar-refractivity contribution in [1.82, 2.24) is 0 Å². The molecule has 0 aliphatic rings. The molecule has 2 aromatic rings. The van der Waals surface area contributed by atoms with Gasteiger partial charge in [-0.25, -0.2) is 4.39 Å². The summed E-state index contributed by atoms with van der Waals surface area (Å²) in [5.41, 5.74) is 4.53. The van der Waals surface area contributed by atoms with Crippen LogP contribution in [0.25, 0.3) is 0 Å². The van der Waals surface area contributed by atoms with Gasteiger partial charge in [-0.05, 0) is 54.8 Å². The van der Waals surface area contributed by atoms with Gasteiger partial charge in [0.05, 0.1) is 5.02 Å². The molecule has 0 radical (unpaired) electrons. The number of nitrogens with one attached hydrogen (secondary N) is 1. The zero-order chi connectivity index (χ0) is 13.1. The van der Waals surface area contributed by atoms with Crippen molar-refractivity contribution < 1.29 is 4.39 Å². The molecule has 94 valence electrons. The Hall–Kier alpha value is -1.54. The molecule has 0 spiro atoms. The molecule has 0 heterocycles. The third-order valence-electron chi connectivity index (χ3n) is 2.99. The van der Waals surface area contributed by atoms with Crippen LogP contribution in [0.4, 0.5) is 10.1 Å². The number of hydrogen-bond donors (Lipinski definition) is 1. The molecule has 2 aromatic carbocycles. The van der Waals surface area contributed by atoms with Crippen molar-refractivity contribution in [2.75, 3.05) is 5.32 Å². The van der Waals surface area contributed by atoms with Crippen LogP contribution < -0.4 is 5.32 Å². The molecule has 0 amide bonds. The molecular formula is C15H15ClFN. The number of anilines is 1. The van der Waals surface area contributed by atoms with Gasteiger partial charge < -0.3 is 5.32 Å². The van der Waals surface area contributed by atoms with E-state index in [1.165, 1.54) is 17.2 Å². The monoisotopic (exact) mass is 263 g/mol. The molecule has 0 aliphatic carbocycles. The lowest BCUT2D eigenvalue weighted by atomic mass is 10.1. The van der Waals surface area contributed by atoms with E-state index in [1.54, 1.807) is 12.1 Å². The summed E-state index contributed by atoms with van der Waals surface area (Å²) < 4.78 is 13.0. The molecule has 0 bridgehead atoms. The highest BCUT2D eigenvalue weighted by molar-refractivity contribution is 6.30. The van der Waals surface area contributed by atoms with E-state index in [1.807, 2.05) is 6.07 Å². The highest BCUT2D eigenvalue weighted by Gasteiger charge is 2.01. The lowest BCUT2D eigenvalue weighted by molar-refractivity contribution is 0.627. The van der Waals surface area contributed by atoms with E-state index in [0.717, 1.165) is 11.3 Å². The Morgan fingerprint density at radius 1 is 1.06 bits per heavy atom. The summed E-state index contributed by atoms with van der Waals surface area (Å²) in [6, 6.07) is 11.0. The second-order valence-corrected chi connectivity index (χ2v) is 4.81. The summed E-state index contributed by atoms with van der Waals surface area (Å²) in [5.74, 6) is -0.383. The summed E-state index contributed by atoms with van der Waals surface area (Å²) in [6.45, 7) is 4.79. The maximum atomic E-state index is 13.0. The van der Waals surface area contributed by atoms with Gasteiger partial charge in [-0.15, -0.1) is 0 Å². The van der Waals surface area contributed by atoms with E-state index >= 15 is 0 Å². The topological polar surface area (TPSA) is 12.0 Å². The third-order valence-corrected chi connectivity index (χ3v) is 3.28. The maximum absolute atomic E-state index is 13.0. The predicted molar refractivity (Wildman–Crippen MR) is 74.7 cm³/mol. The third kappa shape index (κ3) is 3.02. The van der Waals surface area contributed by atoms with Crippen LogP contribution in [0.3, 0.4) is 0 Å². The molecule has 0 unspecified atom stereocenters. The highest BCUT2D eigenvalue weighted by Crippen LogP contribution is 2.18. The van der Waals surface area contributed by atoms with E-state index < -0.39 is 0 Å². The SMILES string of the molecule is Cc1ccc(NCc2ccc(F)c(Cl)c2)cc1C. The van der Waals surface area contributed by atoms with Crippen molar-refractivity contribution in [3.05, 3.63) is 63.9 Å². The van der Waals surface area contributed by atoms with Crippen LogP contribution in [-0.2, 0) is 6.54 Å². The summed E-state index contributed by atoms with van der Waals surface area (Å²) in [7, 11) is 0. The van der Waals surface area contributed by atoms with Crippen molar-refractivity contribution in [3.63, 3.8) is 0 Å². The molecular weight excluding hydrogens is 249 g/mol. The Balaban J connectivity index is 2.06. The fourth-order valence-electron chi connectivity index (χ4n) is 1.71. The van der Waals surface area contributed by atoms with Crippen molar-refractivity contribution in [3.8, 4) is 0 Å². The average Bonchev–Trinajstić information content (AvgIpc) is 2.35. The summed E-state index contributed by atoms with van der Waals surface area (Å²) in [4.78, 5) is 0. The normalized spacial score (nSPS) is 10.4. The predicted octanol–water partition coefficient (Wildman–Crippen LogP) is 4.71. The first-order chi connectivity index (χ1) is 8.56. The molecule has 2 rings (SSSR count). The zero-order valence-corrected chi connectivity index (χ0v) is 11.2. The molecule has 0 fully saturated rings. The van der Waals surface area contributed by atoms with E-state index in [2.05, 4.69) is 31.3 Å². The number of rotatable bonds is 3. The van der Waals surface area contributed by atoms with Crippen molar-refractivity contribution in [2.45, 2.75) is 20.4 Å². The number of hydrogen-bond acceptors (Lipinski definition) is 1. The average molecular weight is 264 g/mol. The molecule has 0 saturated carbocycles. The summed E-state index contributed by atoms with van der Waals surface area (Å²) >= 11 is 5.74. The van der Waals surface area contributed by atoms with Crippen LogP contribution in [0.5, 0.6) is 0 Å². The molecule has 0 atom stereocenters. The molecule has 1 nitrogen and oxygen atoms in total. The van der Waals surface area contributed by atoms with E-state index in [0.29, 0.717) is 6.54 Å². The largest absolute Gasteiger partial charge is 0.381 e. The van der Waals surface area contributed by atoms with Crippen LogP contribution in [0.1, 0.15) is 16.7 Å². The Morgan fingerprint density at radius 3 is 2.50 bits per heavy atom. The fourth-order valence-corrected chi connectivity index (χ4v) is 1.91. The Morgan fingerprint density at radius 2 is 1.83 bits per heavy atom. The van der Waals surface area contributed by atoms with Gasteiger partial charge in [0.25, 0.3) is 0 Å². The van der Waals surface area contributed by atoms with Gasteiger partial charge in [0.15, 0.2) is 0 Å². The Kier molecular flexibility index (Phi) is 3.87. The van der Waals surface area contributed by atoms with E-state index in [4.69, 9.17) is 11.6 Å². The number of halogens is 2. The lowest BCUT2D eigenvalue weighted by Crippen LogP contribution is -2.00. The molecule has 0 aromatic heterocycles. The van der Waals surface area contributed by atoms with Crippen LogP contribution in [0, 0.1) is 19.7 Å². The number of benzene rings is 2. The van der Waals surface area contributed by atoms with Gasteiger partial charge in [-0.1, -0.05) is 23.7 Å². The number of aryl methyl sites for hydroxylation is 2. The van der Waals surface area contributed by atoms with Crippen LogP contribution in [0.2, 0.25) is 5.02 Å². The van der Waals surface area contributed by atoms with E-state index in [-0.39, 0.29) is 10.8 Å². The van der Waals surface area contributed by atoms with Gasteiger partial charge in [-0.2, -0.15) is 0 Å². The van der Waals surface area contributed by atoms with Crippen molar-refractivity contribution in [1.29, 1.82) is 0 Å². The second-order valence-electron chi connectivity index (χ2n) is 4.40. The highest BCUT2D eigenvalue weighted by atomic mass is 35.5. The van der Waals surface area contributed by atoms with Gasteiger partial charge in [0.1, 0.15) is 5.82 Å². The minimum absolute atomic E-state index is 0.161. The standard InChI is InChI=1S/C15H15ClFN/c1-10-3-5-13(7-11(10)2)18-9-12-4-6-15(17)14(16)8-12/h3-8,18H,9H2,1-2H3. The first kappa shape index (κ1) is 12.9. The van der Waals surface area contributed by atoms with Crippen LogP contribution >= 0.6 is 11.6 Å². The minimum atomic E-state index is -0.383. The van der Waals surface area contributed by atoms with E-state index in [9.17, 15) is 4.39 Å². The summed E-state index contributed by atoms with van der Waals surface area (Å²) in [5, 5.41) is 3.46. The molecule has 18 heavy (non-hydrogen) atoms. The van der Waals surface area contributed by atoms with Crippen LogP contribution in [-0.4, -0.2) is 0 Å². The second kappa shape index (κ2) is 5.40. The molecule has 3 heteroatoms. The summed E-state index contributed by atoms with van der Waals surface area (Å²) in [6.07, 6.45) is 0. The first-order valence-corrected chi connectivity index (χ1v) is 6.19. The van der Waals surface area contributed by atoms with Gasteiger partial charge >= 0.3 is 0 Å². The first-order valence-electron chi connectivity index (χ1n) is 5.81. The Bertz CT molecular complexity index is 515. The van der Waals surface area contributed by atoms with Gasteiger partial charge in [0, 0.05) is 12.2 Å². The zero-order valence-electron chi connectivity index (χ0n) is 10.4. The lowest BCUT2D eigenvalue weighted by Gasteiger charge is -2.09. The van der Waals surface area contributed by atoms with Crippen LogP contribution in [0.15, 0.2) is 36.4 Å². The van der Waals surface area contributed by atoms with Gasteiger partial charge in [0.2, 0.25) is 0 Å². The Labute approximate surface area is 112 Å². The minimum Gasteiger partial charge on any atom is -0.381 e. The van der Waals surface area contributed by atoms with Gasteiger partial charge in [-0.3, -0.25) is 0 Å². The van der Waals surface area contributed by atoms with Crippen molar-refractivity contribution >= 4 is 17.3 Å². The molecule has 0 saturated heterocycles. The maximum Gasteiger partial charge on any atom is 0.141 e. The van der Waals surface area contributed by atoms with Crippen molar-refractivity contribution in [2.24, 2.45) is 0 Å². The fraction of sp³-hybridized carbons (Fsp3) is 0.200. The molecule has 1 N–H and O–H groups in total. The smallest absolute Gasteiger partial charge is 0.141 e. The molecule has 0 aliphatic heterocycles. The quantitative estimate of drug-likeness (QED) is 0.846.